The number of hydrogen-bond donors (Lipinski definition) is 1. The molecule has 19 heavy (non-hydrogen) atoms. The minimum atomic E-state index is 0.523. The van der Waals surface area contributed by atoms with Gasteiger partial charge in [-0.05, 0) is 36.8 Å². The van der Waals surface area contributed by atoms with E-state index in [-0.39, 0.29) is 0 Å². The van der Waals surface area contributed by atoms with Gasteiger partial charge in [-0.3, -0.25) is 4.68 Å². The highest BCUT2D eigenvalue weighted by Gasteiger charge is 2.20. The maximum Gasteiger partial charge on any atom is 0.145 e. The number of piperidine rings is 1. The standard InChI is InChI=1S/C14H20N4S/c15-14-6-10-18(16-14)12-3-7-17(8-4-12)9-5-13-2-1-11-19-13/h1-2,6,10-12H,3-5,7-9H2,(H2,15,16). The van der Waals surface area contributed by atoms with Gasteiger partial charge in [0.1, 0.15) is 5.82 Å². The summed E-state index contributed by atoms with van der Waals surface area (Å²) in [5, 5.41) is 6.48. The Labute approximate surface area is 117 Å². The van der Waals surface area contributed by atoms with Crippen LogP contribution >= 0.6 is 11.3 Å². The summed E-state index contributed by atoms with van der Waals surface area (Å²) in [5.41, 5.74) is 5.67. The quantitative estimate of drug-likeness (QED) is 0.933. The number of rotatable bonds is 4. The highest BCUT2D eigenvalue weighted by Crippen LogP contribution is 2.22. The van der Waals surface area contributed by atoms with Crippen molar-refractivity contribution in [1.29, 1.82) is 0 Å². The normalized spacial score (nSPS) is 17.9. The molecular formula is C14H20N4S. The Kier molecular flexibility index (Phi) is 3.84. The molecule has 0 radical (unpaired) electrons. The molecule has 0 aliphatic carbocycles. The zero-order chi connectivity index (χ0) is 13.1. The van der Waals surface area contributed by atoms with Crippen LogP contribution in [0.1, 0.15) is 23.8 Å². The van der Waals surface area contributed by atoms with Crippen molar-refractivity contribution in [2.75, 3.05) is 25.4 Å². The van der Waals surface area contributed by atoms with Crippen molar-refractivity contribution in [1.82, 2.24) is 14.7 Å². The minimum absolute atomic E-state index is 0.523. The zero-order valence-corrected chi connectivity index (χ0v) is 11.9. The lowest BCUT2D eigenvalue weighted by Crippen LogP contribution is -2.36. The third-order valence-corrected chi connectivity index (χ3v) is 4.75. The number of aromatic nitrogens is 2. The van der Waals surface area contributed by atoms with Gasteiger partial charge < -0.3 is 10.6 Å². The lowest BCUT2D eigenvalue weighted by molar-refractivity contribution is 0.182. The van der Waals surface area contributed by atoms with E-state index >= 15 is 0 Å². The molecule has 1 aliphatic heterocycles. The summed E-state index contributed by atoms with van der Waals surface area (Å²) in [7, 11) is 0. The van der Waals surface area contributed by atoms with E-state index < -0.39 is 0 Å². The summed E-state index contributed by atoms with van der Waals surface area (Å²) in [6.45, 7) is 3.50. The largest absolute Gasteiger partial charge is 0.382 e. The van der Waals surface area contributed by atoms with Crippen molar-refractivity contribution in [2.45, 2.75) is 25.3 Å². The first-order valence-corrected chi connectivity index (χ1v) is 7.74. The lowest BCUT2D eigenvalue weighted by Gasteiger charge is -2.31. The van der Waals surface area contributed by atoms with E-state index in [1.165, 1.54) is 30.7 Å². The van der Waals surface area contributed by atoms with Crippen LogP contribution in [0.3, 0.4) is 0 Å². The molecule has 0 spiro atoms. The summed E-state index contributed by atoms with van der Waals surface area (Å²) in [5.74, 6) is 0.625. The fraction of sp³-hybridized carbons (Fsp3) is 0.500. The molecule has 2 N–H and O–H groups in total. The first-order valence-electron chi connectivity index (χ1n) is 6.86. The molecule has 0 aromatic carbocycles. The van der Waals surface area contributed by atoms with Crippen LogP contribution in [0, 0.1) is 0 Å². The van der Waals surface area contributed by atoms with Crippen molar-refractivity contribution in [3.8, 4) is 0 Å². The van der Waals surface area contributed by atoms with Gasteiger partial charge in [0.2, 0.25) is 0 Å². The third kappa shape index (κ3) is 3.16. The molecular weight excluding hydrogens is 256 g/mol. The van der Waals surface area contributed by atoms with Crippen LogP contribution in [0.4, 0.5) is 5.82 Å². The van der Waals surface area contributed by atoms with Gasteiger partial charge in [-0.2, -0.15) is 5.10 Å². The Bertz CT molecular complexity index is 497. The third-order valence-electron chi connectivity index (χ3n) is 3.81. The Hall–Kier alpha value is -1.33. The highest BCUT2D eigenvalue weighted by molar-refractivity contribution is 7.09. The second-order valence-electron chi connectivity index (χ2n) is 5.12. The molecule has 1 fully saturated rings. The molecule has 2 aromatic rings. The van der Waals surface area contributed by atoms with E-state index in [1.807, 2.05) is 28.3 Å². The minimum Gasteiger partial charge on any atom is -0.382 e. The summed E-state index contributed by atoms with van der Waals surface area (Å²) in [4.78, 5) is 4.05. The van der Waals surface area contributed by atoms with Crippen molar-refractivity contribution in [2.24, 2.45) is 0 Å². The molecule has 3 rings (SSSR count). The first kappa shape index (κ1) is 12.7. The molecule has 3 heterocycles. The van der Waals surface area contributed by atoms with E-state index in [0.29, 0.717) is 11.9 Å². The van der Waals surface area contributed by atoms with Gasteiger partial charge >= 0.3 is 0 Å². The maximum atomic E-state index is 5.67. The molecule has 0 atom stereocenters. The second kappa shape index (κ2) is 5.75. The number of likely N-dealkylation sites (tertiary alicyclic amines) is 1. The molecule has 4 nitrogen and oxygen atoms in total. The Morgan fingerprint density at radius 1 is 1.32 bits per heavy atom. The number of thiophene rings is 1. The first-order chi connectivity index (χ1) is 9.31. The SMILES string of the molecule is Nc1ccn(C2CCN(CCc3cccs3)CC2)n1. The Balaban J connectivity index is 1.47. The predicted octanol–water partition coefficient (Wildman–Crippen LogP) is 2.41. The van der Waals surface area contributed by atoms with Gasteiger partial charge in [0, 0.05) is 30.7 Å². The summed E-state index contributed by atoms with van der Waals surface area (Å²) < 4.78 is 2.03. The van der Waals surface area contributed by atoms with Crippen LogP contribution in [0.2, 0.25) is 0 Å². The van der Waals surface area contributed by atoms with Crippen molar-refractivity contribution < 1.29 is 0 Å². The molecule has 102 valence electrons. The molecule has 1 aliphatic rings. The molecule has 5 heteroatoms. The number of nitrogens with two attached hydrogens (primary N) is 1. The van der Waals surface area contributed by atoms with Gasteiger partial charge in [-0.25, -0.2) is 0 Å². The van der Waals surface area contributed by atoms with Crippen LogP contribution in [0.25, 0.3) is 0 Å². The van der Waals surface area contributed by atoms with Crippen LogP contribution in [-0.4, -0.2) is 34.3 Å². The van der Waals surface area contributed by atoms with E-state index in [9.17, 15) is 0 Å². The molecule has 0 saturated carbocycles. The van der Waals surface area contributed by atoms with Gasteiger partial charge in [-0.1, -0.05) is 6.07 Å². The number of hydrogen-bond acceptors (Lipinski definition) is 4. The van der Waals surface area contributed by atoms with Crippen molar-refractivity contribution in [3.63, 3.8) is 0 Å². The zero-order valence-electron chi connectivity index (χ0n) is 11.0. The molecule has 0 bridgehead atoms. The van der Waals surface area contributed by atoms with Crippen LogP contribution in [0.15, 0.2) is 29.8 Å². The average Bonchev–Trinajstić information content (AvgIpc) is 3.08. The monoisotopic (exact) mass is 276 g/mol. The Morgan fingerprint density at radius 2 is 2.16 bits per heavy atom. The van der Waals surface area contributed by atoms with E-state index in [0.717, 1.165) is 13.1 Å². The van der Waals surface area contributed by atoms with Crippen LogP contribution < -0.4 is 5.73 Å². The van der Waals surface area contributed by atoms with Crippen LogP contribution in [-0.2, 0) is 6.42 Å². The highest BCUT2D eigenvalue weighted by atomic mass is 32.1. The maximum absolute atomic E-state index is 5.67. The lowest BCUT2D eigenvalue weighted by atomic mass is 10.1. The van der Waals surface area contributed by atoms with Crippen LogP contribution in [0.5, 0.6) is 0 Å². The molecule has 0 unspecified atom stereocenters. The number of anilines is 1. The van der Waals surface area contributed by atoms with Crippen molar-refractivity contribution >= 4 is 17.2 Å². The van der Waals surface area contributed by atoms with Gasteiger partial charge in [-0.15, -0.1) is 11.3 Å². The van der Waals surface area contributed by atoms with E-state index in [4.69, 9.17) is 5.73 Å². The molecule has 0 amide bonds. The summed E-state index contributed by atoms with van der Waals surface area (Å²) in [6.07, 6.45) is 5.52. The van der Waals surface area contributed by atoms with Gasteiger partial charge in [0.05, 0.1) is 6.04 Å². The average molecular weight is 276 g/mol. The fourth-order valence-corrected chi connectivity index (χ4v) is 3.38. The number of nitrogens with zero attached hydrogens (tertiary/aromatic N) is 3. The van der Waals surface area contributed by atoms with E-state index in [2.05, 4.69) is 27.5 Å². The van der Waals surface area contributed by atoms with Gasteiger partial charge in [0.15, 0.2) is 0 Å². The van der Waals surface area contributed by atoms with E-state index in [1.54, 1.807) is 0 Å². The molecule has 2 aromatic heterocycles. The molecule has 1 saturated heterocycles. The fourth-order valence-electron chi connectivity index (χ4n) is 2.69. The van der Waals surface area contributed by atoms with Crippen molar-refractivity contribution in [3.05, 3.63) is 34.7 Å². The topological polar surface area (TPSA) is 47.1 Å². The second-order valence-corrected chi connectivity index (χ2v) is 6.16. The predicted molar refractivity (Wildman–Crippen MR) is 79.4 cm³/mol. The number of nitrogen functional groups attached to an aromatic ring is 1. The van der Waals surface area contributed by atoms with Gasteiger partial charge in [0.25, 0.3) is 0 Å². The summed E-state index contributed by atoms with van der Waals surface area (Å²) in [6, 6.07) is 6.76. The summed E-state index contributed by atoms with van der Waals surface area (Å²) >= 11 is 1.86. The smallest absolute Gasteiger partial charge is 0.145 e. The Morgan fingerprint density at radius 3 is 2.79 bits per heavy atom.